The molecule has 0 bridgehead atoms. The lowest BCUT2D eigenvalue weighted by atomic mass is 9.98. The number of hydrogen-bond acceptors (Lipinski definition) is 3. The first-order valence-corrected chi connectivity index (χ1v) is 10.3. The second-order valence-corrected chi connectivity index (χ2v) is 8.31. The van der Waals surface area contributed by atoms with Crippen LogP contribution in [-0.2, 0) is 0 Å². The third kappa shape index (κ3) is 5.46. The Morgan fingerprint density at radius 1 is 1.00 bits per heavy atom. The van der Waals surface area contributed by atoms with Crippen molar-refractivity contribution in [3.05, 3.63) is 59.8 Å². The highest BCUT2D eigenvalue weighted by Crippen LogP contribution is 2.25. The Labute approximate surface area is 172 Å². The Bertz CT molecular complexity index is 959. The van der Waals surface area contributed by atoms with Crippen molar-refractivity contribution in [2.45, 2.75) is 45.7 Å². The summed E-state index contributed by atoms with van der Waals surface area (Å²) < 4.78 is 0. The minimum Gasteiger partial charge on any atom is -0.351 e. The van der Waals surface area contributed by atoms with Crippen LogP contribution in [0, 0.1) is 12.8 Å². The van der Waals surface area contributed by atoms with Crippen molar-refractivity contribution in [1.29, 1.82) is 0 Å². The van der Waals surface area contributed by atoms with E-state index in [0.29, 0.717) is 18.2 Å². The first-order chi connectivity index (χ1) is 13.8. The molecule has 154 valence electrons. The highest BCUT2D eigenvalue weighted by atomic mass is 16.1. The van der Waals surface area contributed by atoms with Crippen LogP contribution in [0.2, 0.25) is 0 Å². The number of carbonyl (C=O) groups excluding carboxylic acids is 1. The second-order valence-electron chi connectivity index (χ2n) is 8.31. The topological polar surface area (TPSA) is 96.9 Å². The molecule has 0 fully saturated rings. The van der Waals surface area contributed by atoms with Crippen LogP contribution in [0.15, 0.2) is 48.5 Å². The van der Waals surface area contributed by atoms with Gasteiger partial charge >= 0.3 is 0 Å². The van der Waals surface area contributed by atoms with Gasteiger partial charge in [-0.25, -0.2) is 0 Å². The molecule has 0 spiro atoms. The zero-order valence-electron chi connectivity index (χ0n) is 17.5. The molecule has 3 aromatic rings. The summed E-state index contributed by atoms with van der Waals surface area (Å²) >= 11 is 0. The summed E-state index contributed by atoms with van der Waals surface area (Å²) in [6.07, 6.45) is 1.66. The third-order valence-corrected chi connectivity index (χ3v) is 5.50. The number of fused-ring (bicyclic) bond motifs is 1. The molecule has 1 heterocycles. The number of rotatable bonds is 8. The molecule has 2 aromatic carbocycles. The van der Waals surface area contributed by atoms with E-state index in [1.807, 2.05) is 12.1 Å². The van der Waals surface area contributed by atoms with Crippen LogP contribution in [0.1, 0.15) is 42.7 Å². The normalized spacial score (nSPS) is 13.6. The zero-order valence-corrected chi connectivity index (χ0v) is 17.5. The number of aromatic amines is 1. The fraction of sp³-hybridized carbons (Fsp3) is 0.375. The maximum atomic E-state index is 12.5. The molecule has 1 unspecified atom stereocenters. The van der Waals surface area contributed by atoms with Gasteiger partial charge in [0.2, 0.25) is 0 Å². The minimum atomic E-state index is -0.137. The zero-order chi connectivity index (χ0) is 21.0. The number of H-pyrrole nitrogens is 1. The van der Waals surface area contributed by atoms with E-state index in [9.17, 15) is 4.79 Å². The third-order valence-electron chi connectivity index (χ3n) is 5.50. The Balaban J connectivity index is 1.62. The fourth-order valence-corrected chi connectivity index (χ4v) is 3.34. The molecule has 3 rings (SSSR count). The molecule has 0 saturated heterocycles. The number of nitrogens with two attached hydrogens (primary N) is 2. The van der Waals surface area contributed by atoms with E-state index < -0.39 is 0 Å². The van der Waals surface area contributed by atoms with Gasteiger partial charge in [-0.1, -0.05) is 55.8 Å². The number of aryl methyl sites for hydroxylation is 1. The van der Waals surface area contributed by atoms with Crippen molar-refractivity contribution in [2.24, 2.45) is 17.4 Å². The highest BCUT2D eigenvalue weighted by Gasteiger charge is 2.14. The molecule has 5 nitrogen and oxygen atoms in total. The van der Waals surface area contributed by atoms with Crippen molar-refractivity contribution in [1.82, 2.24) is 10.3 Å². The monoisotopic (exact) mass is 392 g/mol. The molecule has 0 radical (unpaired) electrons. The van der Waals surface area contributed by atoms with Crippen LogP contribution >= 0.6 is 0 Å². The fourth-order valence-electron chi connectivity index (χ4n) is 3.34. The van der Waals surface area contributed by atoms with E-state index in [-0.39, 0.29) is 18.0 Å². The number of aromatic nitrogens is 1. The van der Waals surface area contributed by atoms with Gasteiger partial charge in [-0.15, -0.1) is 0 Å². The molecule has 0 saturated carbocycles. The Morgan fingerprint density at radius 3 is 2.38 bits per heavy atom. The smallest absolute Gasteiger partial charge is 0.267 e. The summed E-state index contributed by atoms with van der Waals surface area (Å²) in [4.78, 5) is 15.8. The second kappa shape index (κ2) is 9.25. The van der Waals surface area contributed by atoms with Crippen molar-refractivity contribution in [3.63, 3.8) is 0 Å². The van der Waals surface area contributed by atoms with Crippen LogP contribution in [0.4, 0.5) is 0 Å². The lowest BCUT2D eigenvalue weighted by Gasteiger charge is -2.18. The molecule has 1 amide bonds. The van der Waals surface area contributed by atoms with Gasteiger partial charge in [0, 0.05) is 29.5 Å². The summed E-state index contributed by atoms with van der Waals surface area (Å²) in [6.45, 7) is 6.73. The maximum Gasteiger partial charge on any atom is 0.267 e. The number of carbonyl (C=O) groups is 1. The predicted molar refractivity (Wildman–Crippen MR) is 121 cm³/mol. The van der Waals surface area contributed by atoms with Crippen LogP contribution in [-0.4, -0.2) is 29.5 Å². The first kappa shape index (κ1) is 21.1. The van der Waals surface area contributed by atoms with Gasteiger partial charge in [-0.05, 0) is 48.9 Å². The summed E-state index contributed by atoms with van der Waals surface area (Å²) in [5.74, 6) is 0.301. The quantitative estimate of drug-likeness (QED) is 0.467. The number of benzene rings is 2. The lowest BCUT2D eigenvalue weighted by Crippen LogP contribution is -2.39. The average molecular weight is 393 g/mol. The van der Waals surface area contributed by atoms with E-state index in [2.05, 4.69) is 67.5 Å². The largest absolute Gasteiger partial charge is 0.351 e. The summed E-state index contributed by atoms with van der Waals surface area (Å²) in [7, 11) is 0. The SMILES string of the molecule is Cc1ccc(-c2ccc3cc(C(=O)NC[C@@H](N)CCC(N)C(C)C)[nH]c3c2)cc1. The van der Waals surface area contributed by atoms with E-state index >= 15 is 0 Å². The lowest BCUT2D eigenvalue weighted by molar-refractivity contribution is 0.0946. The summed E-state index contributed by atoms with van der Waals surface area (Å²) in [6, 6.07) is 16.6. The Kier molecular flexibility index (Phi) is 6.72. The highest BCUT2D eigenvalue weighted by molar-refractivity contribution is 5.98. The molecular weight excluding hydrogens is 360 g/mol. The van der Waals surface area contributed by atoms with E-state index in [1.165, 1.54) is 5.56 Å². The molecule has 2 atom stereocenters. The molecule has 0 aliphatic rings. The van der Waals surface area contributed by atoms with Crippen molar-refractivity contribution >= 4 is 16.8 Å². The van der Waals surface area contributed by atoms with Crippen molar-refractivity contribution < 1.29 is 4.79 Å². The van der Waals surface area contributed by atoms with Gasteiger partial charge in [0.1, 0.15) is 5.69 Å². The van der Waals surface area contributed by atoms with Crippen LogP contribution in [0.3, 0.4) is 0 Å². The molecule has 0 aliphatic carbocycles. The molecule has 6 N–H and O–H groups in total. The number of nitrogens with one attached hydrogen (secondary N) is 2. The average Bonchev–Trinajstić information content (AvgIpc) is 3.14. The van der Waals surface area contributed by atoms with Crippen LogP contribution in [0.25, 0.3) is 22.0 Å². The Hall–Kier alpha value is -2.63. The van der Waals surface area contributed by atoms with Gasteiger partial charge in [0.25, 0.3) is 5.91 Å². The molecule has 0 aliphatic heterocycles. The van der Waals surface area contributed by atoms with Gasteiger partial charge < -0.3 is 21.8 Å². The molecule has 29 heavy (non-hydrogen) atoms. The van der Waals surface area contributed by atoms with E-state index in [1.54, 1.807) is 0 Å². The predicted octanol–water partition coefficient (Wildman–Crippen LogP) is 3.96. The summed E-state index contributed by atoms with van der Waals surface area (Å²) in [5.41, 5.74) is 17.2. The first-order valence-electron chi connectivity index (χ1n) is 10.3. The number of amides is 1. The van der Waals surface area contributed by atoms with Gasteiger partial charge in [-0.3, -0.25) is 4.79 Å². The van der Waals surface area contributed by atoms with Crippen LogP contribution in [0.5, 0.6) is 0 Å². The Morgan fingerprint density at radius 2 is 1.69 bits per heavy atom. The standard InChI is InChI=1S/C24H32N4O/c1-15(2)21(26)11-10-20(25)14-27-24(29)23-13-19-9-8-18(12-22(19)28-23)17-6-4-16(3)5-7-17/h4-9,12-13,15,20-21,28H,10-11,14,25-26H2,1-3H3,(H,27,29)/t20-,21?/m0/s1. The number of hydrogen-bond donors (Lipinski definition) is 4. The van der Waals surface area contributed by atoms with E-state index in [0.717, 1.165) is 34.9 Å². The molecular formula is C24H32N4O. The minimum absolute atomic E-state index is 0.0960. The van der Waals surface area contributed by atoms with E-state index in [4.69, 9.17) is 11.5 Å². The van der Waals surface area contributed by atoms with Crippen molar-refractivity contribution in [3.8, 4) is 11.1 Å². The van der Waals surface area contributed by atoms with Gasteiger partial charge in [0.05, 0.1) is 0 Å². The molecule has 1 aromatic heterocycles. The van der Waals surface area contributed by atoms with Gasteiger partial charge in [-0.2, -0.15) is 0 Å². The maximum absolute atomic E-state index is 12.5. The van der Waals surface area contributed by atoms with Crippen molar-refractivity contribution in [2.75, 3.05) is 6.54 Å². The van der Waals surface area contributed by atoms with Crippen LogP contribution < -0.4 is 16.8 Å². The summed E-state index contributed by atoms with van der Waals surface area (Å²) in [5, 5.41) is 3.94. The molecule has 5 heteroatoms. The van der Waals surface area contributed by atoms with Gasteiger partial charge in [0.15, 0.2) is 0 Å².